The highest BCUT2D eigenvalue weighted by molar-refractivity contribution is 5.95. The standard InChI is InChI=1S/C22H27N5O6/c1-25(15-22(29)24-19-8-7-18(27(30)31)13-20(19)32-2)14-21(28)23-16-3-5-17(6-4-16)26-9-11-33-12-10-26/h3-8,13H,9-12,14-15H2,1-2H3,(H,23,28)(H,24,29). The third kappa shape index (κ3) is 6.89. The molecule has 0 aliphatic carbocycles. The van der Waals surface area contributed by atoms with Gasteiger partial charge in [-0.3, -0.25) is 24.6 Å². The van der Waals surface area contributed by atoms with Crippen LogP contribution >= 0.6 is 0 Å². The van der Waals surface area contributed by atoms with Gasteiger partial charge < -0.3 is 25.0 Å². The molecule has 11 nitrogen and oxygen atoms in total. The number of methoxy groups -OCH3 is 1. The Balaban J connectivity index is 1.48. The number of benzene rings is 2. The number of amides is 2. The van der Waals surface area contributed by atoms with E-state index in [4.69, 9.17) is 9.47 Å². The van der Waals surface area contributed by atoms with Crippen LogP contribution in [0.2, 0.25) is 0 Å². The van der Waals surface area contributed by atoms with Crippen molar-refractivity contribution in [2.45, 2.75) is 0 Å². The van der Waals surface area contributed by atoms with Crippen LogP contribution in [-0.2, 0) is 14.3 Å². The van der Waals surface area contributed by atoms with E-state index in [1.54, 1.807) is 11.9 Å². The molecule has 2 aromatic carbocycles. The van der Waals surface area contributed by atoms with Crippen molar-refractivity contribution in [3.8, 4) is 5.75 Å². The number of nitro groups is 1. The minimum atomic E-state index is -0.545. The molecule has 11 heteroatoms. The maximum Gasteiger partial charge on any atom is 0.273 e. The summed E-state index contributed by atoms with van der Waals surface area (Å²) in [5.74, 6) is -0.455. The maximum absolute atomic E-state index is 12.4. The van der Waals surface area contributed by atoms with E-state index in [9.17, 15) is 19.7 Å². The summed E-state index contributed by atoms with van der Waals surface area (Å²) in [6.07, 6.45) is 0. The van der Waals surface area contributed by atoms with Gasteiger partial charge in [0.05, 0.1) is 50.1 Å². The van der Waals surface area contributed by atoms with Crippen LogP contribution in [0.3, 0.4) is 0 Å². The number of non-ortho nitro benzene ring substituents is 1. The number of anilines is 3. The second-order valence-electron chi connectivity index (χ2n) is 7.56. The fourth-order valence-electron chi connectivity index (χ4n) is 3.41. The molecule has 1 aliphatic rings. The minimum absolute atomic E-state index is 0.00995. The summed E-state index contributed by atoms with van der Waals surface area (Å²) in [4.78, 5) is 38.8. The van der Waals surface area contributed by atoms with E-state index in [2.05, 4.69) is 15.5 Å². The highest BCUT2D eigenvalue weighted by atomic mass is 16.6. The fourth-order valence-corrected chi connectivity index (χ4v) is 3.41. The summed E-state index contributed by atoms with van der Waals surface area (Å²) in [5, 5.41) is 16.3. The molecule has 2 aromatic rings. The zero-order valence-corrected chi connectivity index (χ0v) is 18.6. The van der Waals surface area contributed by atoms with Crippen LogP contribution in [0, 0.1) is 10.1 Å². The quantitative estimate of drug-likeness (QED) is 0.432. The number of morpholine rings is 1. The van der Waals surface area contributed by atoms with Gasteiger partial charge >= 0.3 is 0 Å². The van der Waals surface area contributed by atoms with Gasteiger partial charge in [-0.05, 0) is 37.4 Å². The molecule has 2 N–H and O–H groups in total. The van der Waals surface area contributed by atoms with Crippen molar-refractivity contribution in [2.24, 2.45) is 0 Å². The molecule has 176 valence electrons. The molecule has 1 saturated heterocycles. The number of likely N-dealkylation sites (N-methyl/N-ethyl adjacent to an activating group) is 1. The average molecular weight is 457 g/mol. The van der Waals surface area contributed by atoms with Crippen molar-refractivity contribution >= 4 is 34.6 Å². The third-order valence-corrected chi connectivity index (χ3v) is 5.02. The molecule has 0 bridgehead atoms. The molecule has 0 saturated carbocycles. The maximum atomic E-state index is 12.4. The lowest BCUT2D eigenvalue weighted by Gasteiger charge is -2.28. The molecule has 1 heterocycles. The number of nitro benzene ring substituents is 1. The molecule has 0 spiro atoms. The minimum Gasteiger partial charge on any atom is -0.494 e. The topological polar surface area (TPSA) is 126 Å². The zero-order valence-electron chi connectivity index (χ0n) is 18.6. The van der Waals surface area contributed by atoms with E-state index in [0.29, 0.717) is 24.6 Å². The Kier molecular flexibility index (Phi) is 8.17. The number of carbonyl (C=O) groups excluding carboxylic acids is 2. The van der Waals surface area contributed by atoms with E-state index in [-0.39, 0.29) is 36.3 Å². The van der Waals surface area contributed by atoms with E-state index in [1.165, 1.54) is 25.3 Å². The Bertz CT molecular complexity index is 991. The van der Waals surface area contributed by atoms with E-state index >= 15 is 0 Å². The lowest BCUT2D eigenvalue weighted by atomic mass is 10.2. The second-order valence-corrected chi connectivity index (χ2v) is 7.56. The van der Waals surface area contributed by atoms with Crippen molar-refractivity contribution in [2.75, 3.05) is 69.1 Å². The Morgan fingerprint density at radius 1 is 1.09 bits per heavy atom. The predicted octanol–water partition coefficient (Wildman–Crippen LogP) is 1.95. The summed E-state index contributed by atoms with van der Waals surface area (Å²) in [5.41, 5.74) is 1.92. The average Bonchev–Trinajstić information content (AvgIpc) is 2.80. The van der Waals surface area contributed by atoms with Crippen LogP contribution in [0.25, 0.3) is 0 Å². The first-order valence-electron chi connectivity index (χ1n) is 10.4. The van der Waals surface area contributed by atoms with Crippen LogP contribution in [0.1, 0.15) is 0 Å². The third-order valence-electron chi connectivity index (χ3n) is 5.02. The monoisotopic (exact) mass is 457 g/mol. The molecule has 1 aliphatic heterocycles. The molecule has 0 unspecified atom stereocenters. The fraction of sp³-hybridized carbons (Fsp3) is 0.364. The number of nitrogens with zero attached hydrogens (tertiary/aromatic N) is 3. The molecule has 2 amide bonds. The SMILES string of the molecule is COc1cc([N+](=O)[O-])ccc1NC(=O)CN(C)CC(=O)Nc1ccc(N2CCOCC2)cc1. The molecular formula is C22H27N5O6. The Morgan fingerprint density at radius 2 is 1.73 bits per heavy atom. The first-order valence-corrected chi connectivity index (χ1v) is 10.4. The highest BCUT2D eigenvalue weighted by Crippen LogP contribution is 2.29. The van der Waals surface area contributed by atoms with Gasteiger partial charge in [0.1, 0.15) is 5.75 Å². The summed E-state index contributed by atoms with van der Waals surface area (Å²) < 4.78 is 10.5. The molecule has 1 fully saturated rings. The van der Waals surface area contributed by atoms with E-state index in [1.807, 2.05) is 24.3 Å². The van der Waals surface area contributed by atoms with Crippen LogP contribution < -0.4 is 20.3 Å². The lowest BCUT2D eigenvalue weighted by Crippen LogP contribution is -2.36. The number of ether oxygens (including phenoxy) is 2. The van der Waals surface area contributed by atoms with E-state index in [0.717, 1.165) is 18.8 Å². The number of nitrogens with one attached hydrogen (secondary N) is 2. The van der Waals surface area contributed by atoms with Gasteiger partial charge in [0, 0.05) is 30.5 Å². The van der Waals surface area contributed by atoms with Gasteiger partial charge in [-0.2, -0.15) is 0 Å². The summed E-state index contributed by atoms with van der Waals surface area (Å²) >= 11 is 0. The molecule has 33 heavy (non-hydrogen) atoms. The number of carbonyl (C=O) groups is 2. The van der Waals surface area contributed by atoms with Gasteiger partial charge in [-0.15, -0.1) is 0 Å². The number of hydrogen-bond acceptors (Lipinski definition) is 8. The first kappa shape index (κ1) is 24.0. The number of hydrogen-bond donors (Lipinski definition) is 2. The Labute approximate surface area is 191 Å². The molecule has 0 aromatic heterocycles. The smallest absolute Gasteiger partial charge is 0.273 e. The van der Waals surface area contributed by atoms with Crippen molar-refractivity contribution in [1.29, 1.82) is 0 Å². The van der Waals surface area contributed by atoms with Crippen molar-refractivity contribution < 1.29 is 24.0 Å². The van der Waals surface area contributed by atoms with E-state index < -0.39 is 4.92 Å². The molecule has 0 atom stereocenters. The summed E-state index contributed by atoms with van der Waals surface area (Å²) in [6, 6.07) is 11.5. The van der Waals surface area contributed by atoms with Gasteiger partial charge in [0.15, 0.2) is 0 Å². The van der Waals surface area contributed by atoms with Gasteiger partial charge in [-0.1, -0.05) is 0 Å². The molecule has 0 radical (unpaired) electrons. The summed E-state index contributed by atoms with van der Waals surface area (Å²) in [6.45, 7) is 3.04. The normalized spacial score (nSPS) is 13.5. The van der Waals surface area contributed by atoms with Crippen molar-refractivity contribution in [3.63, 3.8) is 0 Å². The predicted molar refractivity (Wildman–Crippen MR) is 124 cm³/mol. The van der Waals surface area contributed by atoms with Gasteiger partial charge in [0.25, 0.3) is 5.69 Å². The molecular weight excluding hydrogens is 430 g/mol. The Morgan fingerprint density at radius 3 is 2.33 bits per heavy atom. The largest absolute Gasteiger partial charge is 0.494 e. The zero-order chi connectivity index (χ0) is 23.8. The second kappa shape index (κ2) is 11.2. The number of rotatable bonds is 9. The lowest BCUT2D eigenvalue weighted by molar-refractivity contribution is -0.384. The van der Waals surface area contributed by atoms with Gasteiger partial charge in [-0.25, -0.2) is 0 Å². The first-order chi connectivity index (χ1) is 15.9. The Hall–Kier alpha value is -3.70. The molecule has 3 rings (SSSR count). The van der Waals surface area contributed by atoms with Crippen LogP contribution in [0.4, 0.5) is 22.7 Å². The summed E-state index contributed by atoms with van der Waals surface area (Å²) in [7, 11) is 3.01. The van der Waals surface area contributed by atoms with Crippen molar-refractivity contribution in [3.05, 3.63) is 52.6 Å². The van der Waals surface area contributed by atoms with Gasteiger partial charge in [0.2, 0.25) is 11.8 Å². The van der Waals surface area contributed by atoms with Crippen LogP contribution in [0.5, 0.6) is 5.75 Å². The van der Waals surface area contributed by atoms with Crippen molar-refractivity contribution in [1.82, 2.24) is 4.90 Å². The van der Waals surface area contributed by atoms with Crippen LogP contribution in [-0.4, -0.2) is 75.2 Å². The highest BCUT2D eigenvalue weighted by Gasteiger charge is 2.16. The van der Waals surface area contributed by atoms with Crippen LogP contribution in [0.15, 0.2) is 42.5 Å².